The average molecular weight is 499 g/mol. The van der Waals surface area contributed by atoms with Gasteiger partial charge in [0.1, 0.15) is 21.9 Å². The zero-order valence-corrected chi connectivity index (χ0v) is 19.1. The van der Waals surface area contributed by atoms with Gasteiger partial charge in [0, 0.05) is 17.2 Å². The van der Waals surface area contributed by atoms with E-state index in [1.54, 1.807) is 12.1 Å². The first-order valence-electron chi connectivity index (χ1n) is 8.76. The molecule has 1 fully saturated rings. The first-order chi connectivity index (χ1) is 14.7. The van der Waals surface area contributed by atoms with Crippen molar-refractivity contribution < 1.29 is 24.0 Å². The summed E-state index contributed by atoms with van der Waals surface area (Å²) < 4.78 is 5.84. The Kier molecular flexibility index (Phi) is 7.42. The number of carboxylic acids is 1. The summed E-state index contributed by atoms with van der Waals surface area (Å²) in [5, 5.41) is 21.1. The van der Waals surface area contributed by atoms with Gasteiger partial charge in [0.25, 0.3) is 11.6 Å². The number of carboxylic acid groups (broad SMARTS) is 1. The highest BCUT2D eigenvalue weighted by Crippen LogP contribution is 2.37. The van der Waals surface area contributed by atoms with Gasteiger partial charge in [-0.3, -0.25) is 19.8 Å². The molecule has 0 unspecified atom stereocenters. The van der Waals surface area contributed by atoms with Gasteiger partial charge in [0.2, 0.25) is 0 Å². The molecule has 162 valence electrons. The summed E-state index contributed by atoms with van der Waals surface area (Å²) in [5.41, 5.74) is 0.0300. The maximum Gasteiger partial charge on any atom is 0.326 e. The van der Waals surface area contributed by atoms with Crippen molar-refractivity contribution in [3.63, 3.8) is 0 Å². The molecular formula is C19H15ClN2O6S3. The van der Waals surface area contributed by atoms with E-state index in [2.05, 4.69) is 0 Å². The Labute approximate surface area is 195 Å². The van der Waals surface area contributed by atoms with Gasteiger partial charge in [-0.05, 0) is 42.7 Å². The molecular weight excluding hydrogens is 484 g/mol. The van der Waals surface area contributed by atoms with E-state index in [0.717, 1.165) is 16.7 Å². The number of thiocarbonyl (C=S) groups is 1. The molecule has 3 rings (SSSR count). The monoisotopic (exact) mass is 498 g/mol. The molecule has 2 aromatic rings. The SMILES string of the molecule is CSCC[C@@H](C(=O)O)N1C(=O)/C(=C\c2ccc(-c3ccc(Cl)cc3[N+](=O)[O-])o2)SC1=S. The molecule has 1 aliphatic heterocycles. The lowest BCUT2D eigenvalue weighted by Crippen LogP contribution is -2.44. The number of carbonyl (C=O) groups is 2. The molecule has 12 heteroatoms. The van der Waals surface area contributed by atoms with Crippen LogP contribution < -0.4 is 0 Å². The van der Waals surface area contributed by atoms with Gasteiger partial charge in [-0.1, -0.05) is 35.6 Å². The molecule has 1 amide bonds. The minimum atomic E-state index is -1.12. The summed E-state index contributed by atoms with van der Waals surface area (Å²) >= 11 is 13.5. The predicted molar refractivity (Wildman–Crippen MR) is 125 cm³/mol. The van der Waals surface area contributed by atoms with E-state index in [0.29, 0.717) is 5.75 Å². The normalized spacial score (nSPS) is 16.2. The number of furan rings is 1. The minimum absolute atomic E-state index is 0.157. The first kappa shape index (κ1) is 23.3. The number of carbonyl (C=O) groups excluding carboxylic acids is 1. The topological polar surface area (TPSA) is 114 Å². The number of nitrogens with zero attached hydrogens (tertiary/aromatic N) is 2. The second kappa shape index (κ2) is 9.86. The number of hydrogen-bond acceptors (Lipinski definition) is 8. The third-order valence-electron chi connectivity index (χ3n) is 4.34. The number of nitro groups is 1. The fourth-order valence-corrected chi connectivity index (χ4v) is 4.87. The second-order valence-corrected chi connectivity index (χ2v) is 9.41. The molecule has 1 aromatic heterocycles. The van der Waals surface area contributed by atoms with Crippen LogP contribution in [0.5, 0.6) is 0 Å². The van der Waals surface area contributed by atoms with Crippen molar-refractivity contribution in [3.8, 4) is 11.3 Å². The summed E-state index contributed by atoms with van der Waals surface area (Å²) in [7, 11) is 0. The van der Waals surface area contributed by atoms with Crippen LogP contribution >= 0.6 is 47.3 Å². The van der Waals surface area contributed by atoms with E-state index in [1.807, 2.05) is 6.26 Å². The number of halogens is 1. The lowest BCUT2D eigenvalue weighted by molar-refractivity contribution is -0.384. The highest BCUT2D eigenvalue weighted by Gasteiger charge is 2.40. The number of thioether (sulfide) groups is 2. The number of rotatable bonds is 8. The quantitative estimate of drug-likeness (QED) is 0.234. The van der Waals surface area contributed by atoms with Crippen LogP contribution in [0.2, 0.25) is 5.02 Å². The maximum absolute atomic E-state index is 12.8. The second-order valence-electron chi connectivity index (χ2n) is 6.31. The summed E-state index contributed by atoms with van der Waals surface area (Å²) in [4.78, 5) is 36.5. The van der Waals surface area contributed by atoms with Crippen molar-refractivity contribution in [2.24, 2.45) is 0 Å². The molecule has 0 saturated carbocycles. The molecule has 2 heterocycles. The van der Waals surface area contributed by atoms with Crippen LogP contribution in [0.4, 0.5) is 5.69 Å². The van der Waals surface area contributed by atoms with E-state index in [-0.39, 0.29) is 43.4 Å². The highest BCUT2D eigenvalue weighted by atomic mass is 35.5. The standard InChI is InChI=1S/C19H15ClN2O6S3/c1-30-7-6-13(18(24)25)21-17(23)16(31-19(21)29)9-11-3-5-15(28-11)12-4-2-10(20)8-14(12)22(26)27/h2-5,8-9,13H,6-7H2,1H3,(H,24,25)/b16-9+/t13-/m0/s1. The molecule has 8 nitrogen and oxygen atoms in total. The van der Waals surface area contributed by atoms with Crippen LogP contribution in [-0.2, 0) is 9.59 Å². The molecule has 0 spiro atoms. The van der Waals surface area contributed by atoms with Crippen molar-refractivity contribution in [2.45, 2.75) is 12.5 Å². The van der Waals surface area contributed by atoms with Crippen LogP contribution in [0.1, 0.15) is 12.2 Å². The molecule has 1 aromatic carbocycles. The number of nitro benzene ring substituents is 1. The van der Waals surface area contributed by atoms with Crippen LogP contribution in [0.3, 0.4) is 0 Å². The fraction of sp³-hybridized carbons (Fsp3) is 0.211. The zero-order chi connectivity index (χ0) is 22.7. The Morgan fingerprint density at radius 1 is 1.45 bits per heavy atom. The summed E-state index contributed by atoms with van der Waals surface area (Å²) in [6.45, 7) is 0. The molecule has 1 atom stereocenters. The van der Waals surface area contributed by atoms with E-state index in [1.165, 1.54) is 36.0 Å². The lowest BCUT2D eigenvalue weighted by Gasteiger charge is -2.22. The Hall–Kier alpha value is -2.34. The third kappa shape index (κ3) is 5.12. The number of aliphatic carboxylic acids is 1. The molecule has 1 N–H and O–H groups in total. The van der Waals surface area contributed by atoms with Crippen LogP contribution in [0.15, 0.2) is 39.7 Å². The predicted octanol–water partition coefficient (Wildman–Crippen LogP) is 4.92. The van der Waals surface area contributed by atoms with Crippen molar-refractivity contribution in [1.82, 2.24) is 4.90 Å². The smallest absolute Gasteiger partial charge is 0.326 e. The number of hydrogen-bond donors (Lipinski definition) is 1. The largest absolute Gasteiger partial charge is 0.480 e. The molecule has 31 heavy (non-hydrogen) atoms. The first-order valence-corrected chi connectivity index (χ1v) is 11.8. The van der Waals surface area contributed by atoms with Crippen molar-refractivity contribution in [2.75, 3.05) is 12.0 Å². The van der Waals surface area contributed by atoms with E-state index in [4.69, 9.17) is 28.2 Å². The zero-order valence-electron chi connectivity index (χ0n) is 15.9. The lowest BCUT2D eigenvalue weighted by atomic mass is 10.1. The maximum atomic E-state index is 12.8. The van der Waals surface area contributed by atoms with Gasteiger partial charge in [-0.2, -0.15) is 11.8 Å². The van der Waals surface area contributed by atoms with Crippen LogP contribution in [-0.4, -0.2) is 49.2 Å². The molecule has 1 aliphatic rings. The van der Waals surface area contributed by atoms with Gasteiger partial charge in [0.05, 0.1) is 15.4 Å². The van der Waals surface area contributed by atoms with Gasteiger partial charge in [-0.15, -0.1) is 0 Å². The fourth-order valence-electron chi connectivity index (χ4n) is 2.91. The number of benzene rings is 1. The Balaban J connectivity index is 1.88. The Morgan fingerprint density at radius 3 is 2.84 bits per heavy atom. The molecule has 0 radical (unpaired) electrons. The van der Waals surface area contributed by atoms with E-state index < -0.39 is 22.8 Å². The highest BCUT2D eigenvalue weighted by molar-refractivity contribution is 8.26. The van der Waals surface area contributed by atoms with Crippen LogP contribution in [0.25, 0.3) is 17.4 Å². The van der Waals surface area contributed by atoms with Crippen molar-refractivity contribution in [3.05, 3.63) is 56.1 Å². The summed E-state index contributed by atoms with van der Waals surface area (Å²) in [6, 6.07) is 6.27. The van der Waals surface area contributed by atoms with Gasteiger partial charge >= 0.3 is 5.97 Å². The molecule has 0 bridgehead atoms. The minimum Gasteiger partial charge on any atom is -0.480 e. The Bertz CT molecular complexity index is 1100. The van der Waals surface area contributed by atoms with Crippen molar-refractivity contribution in [1.29, 1.82) is 0 Å². The van der Waals surface area contributed by atoms with Crippen molar-refractivity contribution >= 4 is 75.3 Å². The molecule has 1 saturated heterocycles. The van der Waals surface area contributed by atoms with E-state index in [9.17, 15) is 24.8 Å². The van der Waals surface area contributed by atoms with Crippen LogP contribution in [0, 0.1) is 10.1 Å². The summed E-state index contributed by atoms with van der Waals surface area (Å²) in [6.07, 6.45) is 3.56. The van der Waals surface area contributed by atoms with Gasteiger partial charge in [0.15, 0.2) is 0 Å². The number of amides is 1. The average Bonchev–Trinajstić information content (AvgIpc) is 3.27. The van der Waals surface area contributed by atoms with Gasteiger partial charge < -0.3 is 9.52 Å². The summed E-state index contributed by atoms with van der Waals surface area (Å²) in [5.74, 6) is -0.570. The van der Waals surface area contributed by atoms with E-state index >= 15 is 0 Å². The Morgan fingerprint density at radius 2 is 2.19 bits per heavy atom. The van der Waals surface area contributed by atoms with Gasteiger partial charge in [-0.25, -0.2) is 4.79 Å². The third-order valence-corrected chi connectivity index (χ3v) is 6.55. The molecule has 0 aliphatic carbocycles.